The maximum atomic E-state index is 10.4. The van der Waals surface area contributed by atoms with Crippen molar-refractivity contribution >= 4 is 5.97 Å². The topological polar surface area (TPSA) is 101 Å². The molecular weight excluding hydrogens is 196 g/mol. The Morgan fingerprint density at radius 3 is 2.87 bits per heavy atom. The maximum absolute atomic E-state index is 10.4. The lowest BCUT2D eigenvalue weighted by Gasteiger charge is -2.07. The molecule has 1 atom stereocenters. The second-order valence-corrected chi connectivity index (χ2v) is 3.22. The largest absolute Gasteiger partial charge is 0.480 e. The molecule has 0 aliphatic heterocycles. The summed E-state index contributed by atoms with van der Waals surface area (Å²) in [4.78, 5) is 18.6. The lowest BCUT2D eigenvalue weighted by atomic mass is 10.3. The van der Waals surface area contributed by atoms with Gasteiger partial charge in [0, 0.05) is 25.5 Å². The van der Waals surface area contributed by atoms with Crippen molar-refractivity contribution in [2.45, 2.75) is 19.5 Å². The summed E-state index contributed by atoms with van der Waals surface area (Å²) in [5.74, 6) is -1.02. The van der Waals surface area contributed by atoms with Crippen LogP contribution in [0.5, 0.6) is 0 Å². The number of carboxylic acids is 1. The van der Waals surface area contributed by atoms with Crippen LogP contribution in [0.4, 0.5) is 0 Å². The van der Waals surface area contributed by atoms with E-state index in [-0.39, 0.29) is 6.54 Å². The molecule has 4 N–H and O–H groups in total. The smallest absolute Gasteiger partial charge is 0.321 e. The van der Waals surface area contributed by atoms with E-state index >= 15 is 0 Å². The molecule has 1 aromatic rings. The van der Waals surface area contributed by atoms with Gasteiger partial charge in [-0.1, -0.05) is 0 Å². The Hall–Kier alpha value is -1.53. The van der Waals surface area contributed by atoms with E-state index in [1.807, 2.05) is 6.92 Å². The quantitative estimate of drug-likeness (QED) is 0.593. The molecule has 0 aliphatic carbocycles. The second kappa shape index (κ2) is 5.38. The Kier molecular flexibility index (Phi) is 4.14. The van der Waals surface area contributed by atoms with Crippen molar-refractivity contribution in [3.8, 4) is 0 Å². The van der Waals surface area contributed by atoms with E-state index in [1.54, 1.807) is 12.4 Å². The molecule has 1 rings (SSSR count). The molecule has 1 unspecified atom stereocenters. The van der Waals surface area contributed by atoms with Gasteiger partial charge in [0.05, 0.1) is 11.4 Å². The van der Waals surface area contributed by atoms with Gasteiger partial charge in [-0.15, -0.1) is 0 Å². The first-order valence-electron chi connectivity index (χ1n) is 4.56. The molecule has 15 heavy (non-hydrogen) atoms. The number of nitrogens with zero attached hydrogens (tertiary/aromatic N) is 2. The number of carbonyl (C=O) groups is 1. The summed E-state index contributed by atoms with van der Waals surface area (Å²) in [7, 11) is 0. The zero-order valence-corrected chi connectivity index (χ0v) is 8.47. The Morgan fingerprint density at radius 1 is 1.60 bits per heavy atom. The van der Waals surface area contributed by atoms with E-state index in [9.17, 15) is 4.79 Å². The lowest BCUT2D eigenvalue weighted by molar-refractivity contribution is -0.138. The summed E-state index contributed by atoms with van der Waals surface area (Å²) in [6, 6.07) is -0.886. The molecule has 6 heteroatoms. The van der Waals surface area contributed by atoms with Gasteiger partial charge < -0.3 is 16.2 Å². The number of aliphatic carboxylic acids is 1. The van der Waals surface area contributed by atoms with Crippen molar-refractivity contribution in [2.24, 2.45) is 5.73 Å². The van der Waals surface area contributed by atoms with Gasteiger partial charge in [0.25, 0.3) is 0 Å². The minimum absolute atomic E-state index is 0.213. The summed E-state index contributed by atoms with van der Waals surface area (Å²) in [5.41, 5.74) is 6.92. The van der Waals surface area contributed by atoms with Gasteiger partial charge in [-0.2, -0.15) is 0 Å². The standard InChI is InChI=1S/C9H14N4O2/c1-6-2-13-7(4-12-6)3-11-5-8(10)9(14)15/h2,4,8,11H,3,5,10H2,1H3,(H,14,15). The molecule has 0 saturated heterocycles. The molecule has 1 heterocycles. The highest BCUT2D eigenvalue weighted by Crippen LogP contribution is 1.93. The molecule has 1 aromatic heterocycles. The van der Waals surface area contributed by atoms with Crippen LogP contribution in [0, 0.1) is 6.92 Å². The van der Waals surface area contributed by atoms with Gasteiger partial charge in [0.15, 0.2) is 0 Å². The average Bonchev–Trinajstić information content (AvgIpc) is 2.20. The number of hydrogen-bond acceptors (Lipinski definition) is 5. The summed E-state index contributed by atoms with van der Waals surface area (Å²) in [6.45, 7) is 2.53. The molecule has 6 nitrogen and oxygen atoms in total. The maximum Gasteiger partial charge on any atom is 0.321 e. The van der Waals surface area contributed by atoms with Gasteiger partial charge in [0.2, 0.25) is 0 Å². The molecule has 0 fully saturated rings. The fraction of sp³-hybridized carbons (Fsp3) is 0.444. The van der Waals surface area contributed by atoms with Crippen molar-refractivity contribution in [2.75, 3.05) is 6.54 Å². The van der Waals surface area contributed by atoms with Gasteiger partial charge in [0.1, 0.15) is 6.04 Å². The van der Waals surface area contributed by atoms with Crippen molar-refractivity contribution in [3.05, 3.63) is 23.8 Å². The molecule has 0 saturated carbocycles. The zero-order chi connectivity index (χ0) is 11.3. The molecule has 82 valence electrons. The predicted molar refractivity (Wildman–Crippen MR) is 54.1 cm³/mol. The molecule has 0 spiro atoms. The SMILES string of the molecule is Cc1cnc(CNCC(N)C(=O)O)cn1. The van der Waals surface area contributed by atoms with E-state index in [0.29, 0.717) is 6.54 Å². The highest BCUT2D eigenvalue weighted by molar-refractivity contribution is 5.73. The highest BCUT2D eigenvalue weighted by Gasteiger charge is 2.09. The van der Waals surface area contributed by atoms with Gasteiger partial charge >= 0.3 is 5.97 Å². The second-order valence-electron chi connectivity index (χ2n) is 3.22. The zero-order valence-electron chi connectivity index (χ0n) is 8.47. The van der Waals surface area contributed by atoms with Gasteiger partial charge in [-0.05, 0) is 6.92 Å². The molecule has 0 aliphatic rings. The fourth-order valence-electron chi connectivity index (χ4n) is 0.954. The van der Waals surface area contributed by atoms with Gasteiger partial charge in [-0.3, -0.25) is 14.8 Å². The Morgan fingerprint density at radius 2 is 2.33 bits per heavy atom. The van der Waals surface area contributed by atoms with Crippen LogP contribution in [0.15, 0.2) is 12.4 Å². The highest BCUT2D eigenvalue weighted by atomic mass is 16.4. The fourth-order valence-corrected chi connectivity index (χ4v) is 0.954. The molecule has 0 amide bonds. The summed E-state index contributed by atoms with van der Waals surface area (Å²) < 4.78 is 0. The number of hydrogen-bond donors (Lipinski definition) is 3. The first-order chi connectivity index (χ1) is 7.09. The van der Waals surface area contributed by atoms with E-state index in [1.165, 1.54) is 0 Å². The van der Waals surface area contributed by atoms with E-state index in [0.717, 1.165) is 11.4 Å². The Labute approximate surface area is 87.5 Å². The van der Waals surface area contributed by atoms with Crippen LogP contribution in [0.2, 0.25) is 0 Å². The molecular formula is C9H14N4O2. The Balaban J connectivity index is 2.32. The third kappa shape index (κ3) is 4.01. The van der Waals surface area contributed by atoms with Crippen LogP contribution in [-0.4, -0.2) is 33.6 Å². The van der Waals surface area contributed by atoms with Crippen molar-refractivity contribution in [1.29, 1.82) is 0 Å². The summed E-state index contributed by atoms with van der Waals surface area (Å²) in [5, 5.41) is 11.4. The lowest BCUT2D eigenvalue weighted by Crippen LogP contribution is -2.40. The van der Waals surface area contributed by atoms with Crippen LogP contribution in [0.25, 0.3) is 0 Å². The van der Waals surface area contributed by atoms with Crippen molar-refractivity contribution in [3.63, 3.8) is 0 Å². The molecule has 0 bridgehead atoms. The van der Waals surface area contributed by atoms with Crippen molar-refractivity contribution in [1.82, 2.24) is 15.3 Å². The van der Waals surface area contributed by atoms with E-state index in [4.69, 9.17) is 10.8 Å². The minimum atomic E-state index is -1.02. The van der Waals surface area contributed by atoms with Crippen LogP contribution < -0.4 is 11.1 Å². The van der Waals surface area contributed by atoms with Crippen LogP contribution in [0.1, 0.15) is 11.4 Å². The number of nitrogens with one attached hydrogen (secondary N) is 1. The van der Waals surface area contributed by atoms with E-state index < -0.39 is 12.0 Å². The number of carboxylic acid groups (broad SMARTS) is 1. The molecule has 0 aromatic carbocycles. The van der Waals surface area contributed by atoms with Gasteiger partial charge in [-0.25, -0.2) is 0 Å². The van der Waals surface area contributed by atoms with Crippen LogP contribution in [0.3, 0.4) is 0 Å². The summed E-state index contributed by atoms with van der Waals surface area (Å²) in [6.07, 6.45) is 3.31. The number of aromatic nitrogens is 2. The normalized spacial score (nSPS) is 12.4. The number of aryl methyl sites for hydroxylation is 1. The van der Waals surface area contributed by atoms with Crippen molar-refractivity contribution < 1.29 is 9.90 Å². The third-order valence-corrected chi connectivity index (χ3v) is 1.82. The molecule has 0 radical (unpaired) electrons. The van der Waals surface area contributed by atoms with Crippen LogP contribution in [-0.2, 0) is 11.3 Å². The van der Waals surface area contributed by atoms with E-state index in [2.05, 4.69) is 15.3 Å². The monoisotopic (exact) mass is 210 g/mol. The first-order valence-corrected chi connectivity index (χ1v) is 4.56. The Bertz CT molecular complexity index is 325. The minimum Gasteiger partial charge on any atom is -0.480 e. The first kappa shape index (κ1) is 11.5. The number of rotatable bonds is 5. The summed E-state index contributed by atoms with van der Waals surface area (Å²) >= 11 is 0. The number of nitrogens with two attached hydrogens (primary N) is 1. The predicted octanol–water partition coefficient (Wildman–Crippen LogP) is -0.713. The third-order valence-electron chi connectivity index (χ3n) is 1.82. The average molecular weight is 210 g/mol. The van der Waals surface area contributed by atoms with Crippen LogP contribution >= 0.6 is 0 Å².